The van der Waals surface area contributed by atoms with Crippen LogP contribution in [0.15, 0.2) is 85.2 Å². The van der Waals surface area contributed by atoms with Crippen molar-refractivity contribution in [2.45, 2.75) is 62.4 Å². The van der Waals surface area contributed by atoms with Gasteiger partial charge in [0.05, 0.1) is 30.1 Å². The second-order valence-electron chi connectivity index (χ2n) is 13.8. The van der Waals surface area contributed by atoms with Gasteiger partial charge in [-0.05, 0) is 42.2 Å². The number of nitrogens with zero attached hydrogens (tertiary/aromatic N) is 7. The lowest BCUT2D eigenvalue weighted by atomic mass is 9.91. The quantitative estimate of drug-likeness (QED) is 0.112. The molecule has 278 valence electrons. The largest absolute Gasteiger partial charge is 0.388 e. The molecule has 3 aromatic carbocycles. The van der Waals surface area contributed by atoms with Crippen LogP contribution < -0.4 is 26.2 Å². The second kappa shape index (κ2) is 15.3. The number of nitrogens with one attached hydrogen (secondary N) is 4. The summed E-state index contributed by atoms with van der Waals surface area (Å²) in [6.45, 7) is 3.31. The summed E-state index contributed by atoms with van der Waals surface area (Å²) >= 11 is 1.13. The molecule has 16 heteroatoms. The van der Waals surface area contributed by atoms with Gasteiger partial charge in [0, 0.05) is 43.7 Å². The van der Waals surface area contributed by atoms with Crippen LogP contribution in [0.2, 0.25) is 0 Å². The molecular formula is C38H41N11O4S. The fourth-order valence-corrected chi connectivity index (χ4v) is 7.94. The summed E-state index contributed by atoms with van der Waals surface area (Å²) in [5, 5.41) is 34.5. The zero-order valence-electron chi connectivity index (χ0n) is 29.5. The maximum atomic E-state index is 13.0. The highest BCUT2D eigenvalue weighted by Gasteiger charge is 2.44. The number of imidazole rings is 1. The van der Waals surface area contributed by atoms with Crippen LogP contribution >= 0.6 is 11.7 Å². The Morgan fingerprint density at radius 1 is 0.926 bits per heavy atom. The van der Waals surface area contributed by atoms with Crippen molar-refractivity contribution in [1.29, 1.82) is 0 Å². The third-order valence-corrected chi connectivity index (χ3v) is 10.8. The molecule has 54 heavy (non-hydrogen) atoms. The summed E-state index contributed by atoms with van der Waals surface area (Å²) in [4.78, 5) is 42.0. The van der Waals surface area contributed by atoms with Crippen LogP contribution in [0.3, 0.4) is 0 Å². The molecule has 2 fully saturated rings. The van der Waals surface area contributed by atoms with E-state index in [2.05, 4.69) is 54.3 Å². The van der Waals surface area contributed by atoms with Crippen molar-refractivity contribution in [2.24, 2.45) is 0 Å². The van der Waals surface area contributed by atoms with Gasteiger partial charge in [0.2, 0.25) is 11.9 Å². The number of fused-ring (bicyclic) bond motifs is 2. The molecule has 3 aromatic heterocycles. The van der Waals surface area contributed by atoms with Crippen molar-refractivity contribution in [3.63, 3.8) is 0 Å². The number of aromatic nitrogens is 6. The number of hydrogen-bond donors (Lipinski definition) is 6. The molecule has 3 amide bonds. The minimum Gasteiger partial charge on any atom is -0.388 e. The van der Waals surface area contributed by atoms with Gasteiger partial charge in [-0.25, -0.2) is 9.78 Å². The van der Waals surface area contributed by atoms with E-state index < -0.39 is 24.3 Å². The number of carbonyl (C=O) groups excluding carboxylic acids is 2. The molecule has 1 aliphatic heterocycles. The van der Waals surface area contributed by atoms with Gasteiger partial charge in [-0.2, -0.15) is 18.7 Å². The third kappa shape index (κ3) is 7.27. The predicted molar refractivity (Wildman–Crippen MR) is 207 cm³/mol. The van der Waals surface area contributed by atoms with Crippen molar-refractivity contribution in [3.05, 3.63) is 96.3 Å². The first-order valence-corrected chi connectivity index (χ1v) is 18.9. The standard InChI is InChI=1S/C38H41N11O4S/c1-2-31(50)43-29-18-30(34(52)33(29)51)49-21-40-32-35(39-19-26(22-9-5-3-6-10-22)23-11-7-4-8-12-23)44-37(45-36(32)49)48-16-15-25(20-48)42-38(53)41-24-13-14-27-28(17-24)47-54-46-27/h3-14,17,21,25-26,29-30,33-34,51-52H,2,15-16,18-20H2,1H3,(H,43,50)(H,39,44,45)(H2,41,42,53)/t25-,29+,30-,33-,34+/m1/s1. The van der Waals surface area contributed by atoms with Gasteiger partial charge >= 0.3 is 6.03 Å². The van der Waals surface area contributed by atoms with E-state index in [9.17, 15) is 19.8 Å². The predicted octanol–water partition coefficient (Wildman–Crippen LogP) is 4.04. The Kier molecular flexibility index (Phi) is 10.0. The van der Waals surface area contributed by atoms with Crippen LogP contribution in [0, 0.1) is 0 Å². The normalized spacial score (nSPS) is 21.2. The Labute approximate surface area is 315 Å². The Morgan fingerprint density at radius 2 is 1.67 bits per heavy atom. The van der Waals surface area contributed by atoms with Crippen molar-refractivity contribution >= 4 is 63.3 Å². The SMILES string of the molecule is CCC(=O)N[C@H]1C[C@@H](n2cnc3c(NCC(c4ccccc4)c4ccccc4)nc(N4CC[C@@H](NC(=O)Nc5ccc6nsnc6c5)C4)nc32)[C@H](O)[C@@H]1O. The highest BCUT2D eigenvalue weighted by molar-refractivity contribution is 7.00. The van der Waals surface area contributed by atoms with Gasteiger partial charge in [-0.1, -0.05) is 67.6 Å². The zero-order chi connectivity index (χ0) is 37.2. The third-order valence-electron chi connectivity index (χ3n) is 10.3. The van der Waals surface area contributed by atoms with E-state index in [1.165, 1.54) is 0 Å². The molecule has 6 aromatic rings. The van der Waals surface area contributed by atoms with Crippen LogP contribution in [0.25, 0.3) is 22.2 Å². The van der Waals surface area contributed by atoms with Crippen molar-refractivity contribution in [2.75, 3.05) is 35.2 Å². The van der Waals surface area contributed by atoms with Gasteiger partial charge < -0.3 is 40.9 Å². The number of aliphatic hydroxyl groups excluding tert-OH is 2. The lowest BCUT2D eigenvalue weighted by Crippen LogP contribution is -2.42. The fraction of sp³-hybridized carbons (Fsp3) is 0.342. The van der Waals surface area contributed by atoms with Crippen LogP contribution in [0.1, 0.15) is 49.3 Å². The molecule has 6 N–H and O–H groups in total. The highest BCUT2D eigenvalue weighted by atomic mass is 32.1. The maximum Gasteiger partial charge on any atom is 0.319 e. The van der Waals surface area contributed by atoms with Crippen LogP contribution in [-0.2, 0) is 4.79 Å². The molecule has 0 spiro atoms. The number of benzene rings is 3. The lowest BCUT2D eigenvalue weighted by molar-refractivity contribution is -0.122. The van der Waals surface area contributed by atoms with E-state index in [-0.39, 0.29) is 30.3 Å². The molecule has 0 radical (unpaired) electrons. The maximum absolute atomic E-state index is 13.0. The highest BCUT2D eigenvalue weighted by Crippen LogP contribution is 2.35. The second-order valence-corrected chi connectivity index (χ2v) is 14.3. The van der Waals surface area contributed by atoms with Crippen molar-refractivity contribution < 1.29 is 19.8 Å². The Balaban J connectivity index is 1.07. The topological polar surface area (TPSA) is 195 Å². The molecule has 0 unspecified atom stereocenters. The van der Waals surface area contributed by atoms with Gasteiger partial charge in [-0.15, -0.1) is 0 Å². The molecule has 4 heterocycles. The van der Waals surface area contributed by atoms with E-state index in [0.717, 1.165) is 33.9 Å². The molecule has 2 aliphatic rings. The van der Waals surface area contributed by atoms with E-state index in [1.807, 2.05) is 47.4 Å². The monoisotopic (exact) mass is 747 g/mol. The number of aliphatic hydroxyl groups is 2. The summed E-state index contributed by atoms with van der Waals surface area (Å²) in [5.74, 6) is 0.769. The number of carbonyl (C=O) groups is 2. The summed E-state index contributed by atoms with van der Waals surface area (Å²) in [7, 11) is 0. The van der Waals surface area contributed by atoms with E-state index in [4.69, 9.17) is 15.0 Å². The van der Waals surface area contributed by atoms with Gasteiger partial charge in [0.15, 0.2) is 17.0 Å². The van der Waals surface area contributed by atoms with E-state index in [1.54, 1.807) is 30.0 Å². The van der Waals surface area contributed by atoms with E-state index >= 15 is 0 Å². The molecule has 5 atom stereocenters. The Bertz CT molecular complexity index is 2210. The molecule has 1 aliphatic carbocycles. The van der Waals surface area contributed by atoms with Gasteiger partial charge in [0.1, 0.15) is 23.2 Å². The molecular weight excluding hydrogens is 707 g/mol. The first-order valence-electron chi connectivity index (χ1n) is 18.1. The van der Waals surface area contributed by atoms with E-state index in [0.29, 0.717) is 61.1 Å². The lowest BCUT2D eigenvalue weighted by Gasteiger charge is -2.22. The molecule has 1 saturated carbocycles. The Morgan fingerprint density at radius 3 is 2.41 bits per heavy atom. The smallest absolute Gasteiger partial charge is 0.319 e. The fourth-order valence-electron chi connectivity index (χ4n) is 7.42. The number of urea groups is 1. The first kappa shape index (κ1) is 35.3. The minimum atomic E-state index is -1.16. The summed E-state index contributed by atoms with van der Waals surface area (Å²) in [6, 6.07) is 24.2. The summed E-state index contributed by atoms with van der Waals surface area (Å²) < 4.78 is 10.2. The summed E-state index contributed by atoms with van der Waals surface area (Å²) in [5.41, 5.74) is 5.42. The molecule has 0 bridgehead atoms. The number of rotatable bonds is 11. The van der Waals surface area contributed by atoms with Gasteiger partial charge in [-0.3, -0.25) is 4.79 Å². The first-order chi connectivity index (χ1) is 26.3. The average Bonchev–Trinajstić information content (AvgIpc) is 4.00. The van der Waals surface area contributed by atoms with Crippen LogP contribution in [0.4, 0.5) is 22.2 Å². The molecule has 8 rings (SSSR count). The Hall–Kier alpha value is -5.71. The number of amides is 3. The van der Waals surface area contributed by atoms with Gasteiger partial charge in [0.25, 0.3) is 0 Å². The van der Waals surface area contributed by atoms with Crippen molar-refractivity contribution in [3.8, 4) is 0 Å². The molecule has 1 saturated heterocycles. The average molecular weight is 748 g/mol. The van der Waals surface area contributed by atoms with Crippen molar-refractivity contribution in [1.82, 2.24) is 38.9 Å². The molecule has 15 nitrogen and oxygen atoms in total. The van der Waals surface area contributed by atoms with Crippen LogP contribution in [-0.4, -0.2) is 94.3 Å². The number of anilines is 3. The number of hydrogen-bond acceptors (Lipinski definition) is 12. The summed E-state index contributed by atoms with van der Waals surface area (Å²) in [6.07, 6.45) is 0.527. The van der Waals surface area contributed by atoms with Crippen LogP contribution in [0.5, 0.6) is 0 Å². The minimum absolute atomic E-state index is 0.00376. The zero-order valence-corrected chi connectivity index (χ0v) is 30.4.